The summed E-state index contributed by atoms with van der Waals surface area (Å²) < 4.78 is 0. The third-order valence-corrected chi connectivity index (χ3v) is 4.61. The SMILES string of the molecule is CC(C)C(NC(=O)CN)C(=O)NCC(=O)NC(Cc1c[nH]c2ccccc12)C(=O)O. The largest absolute Gasteiger partial charge is 0.480 e. The molecule has 10 heteroatoms. The maximum atomic E-state index is 12.3. The number of carbonyl (C=O) groups excluding carboxylic acids is 3. The summed E-state index contributed by atoms with van der Waals surface area (Å²) in [5, 5.41) is 17.7. The number of H-pyrrole nitrogens is 1. The third-order valence-electron chi connectivity index (χ3n) is 4.61. The quantitative estimate of drug-likeness (QED) is 0.305. The van der Waals surface area contributed by atoms with E-state index in [9.17, 15) is 24.3 Å². The molecule has 2 aromatic rings. The van der Waals surface area contributed by atoms with Crippen LogP contribution in [-0.2, 0) is 25.6 Å². The molecule has 1 aromatic heterocycles. The lowest BCUT2D eigenvalue weighted by molar-refractivity contribution is -0.141. The molecule has 7 N–H and O–H groups in total. The molecule has 0 saturated heterocycles. The number of aromatic amines is 1. The Morgan fingerprint density at radius 2 is 1.80 bits per heavy atom. The number of carboxylic acid groups (broad SMARTS) is 1. The summed E-state index contributed by atoms with van der Waals surface area (Å²) in [5.41, 5.74) is 6.88. The van der Waals surface area contributed by atoms with Gasteiger partial charge in [0.05, 0.1) is 13.1 Å². The minimum atomic E-state index is -1.18. The predicted octanol–water partition coefficient (Wildman–Crippen LogP) is -0.504. The van der Waals surface area contributed by atoms with Crippen molar-refractivity contribution >= 4 is 34.6 Å². The van der Waals surface area contributed by atoms with Crippen LogP contribution in [0.3, 0.4) is 0 Å². The molecule has 2 atom stereocenters. The van der Waals surface area contributed by atoms with E-state index < -0.39 is 42.3 Å². The lowest BCUT2D eigenvalue weighted by atomic mass is 10.0. The Morgan fingerprint density at radius 3 is 2.43 bits per heavy atom. The molecule has 0 fully saturated rings. The minimum absolute atomic E-state index is 0.0835. The molecule has 10 nitrogen and oxygen atoms in total. The number of hydrogen-bond acceptors (Lipinski definition) is 5. The molecule has 0 aliphatic carbocycles. The van der Waals surface area contributed by atoms with Crippen molar-refractivity contribution in [2.24, 2.45) is 11.7 Å². The van der Waals surface area contributed by atoms with Crippen molar-refractivity contribution in [3.8, 4) is 0 Å². The Labute approximate surface area is 173 Å². The number of para-hydroxylation sites is 1. The molecule has 0 aliphatic rings. The lowest BCUT2D eigenvalue weighted by Crippen LogP contribution is -2.53. The molecule has 1 aromatic carbocycles. The monoisotopic (exact) mass is 417 g/mol. The highest BCUT2D eigenvalue weighted by Gasteiger charge is 2.25. The van der Waals surface area contributed by atoms with Gasteiger partial charge in [-0.25, -0.2) is 4.79 Å². The van der Waals surface area contributed by atoms with E-state index in [0.29, 0.717) is 0 Å². The van der Waals surface area contributed by atoms with E-state index in [4.69, 9.17) is 5.73 Å². The van der Waals surface area contributed by atoms with Crippen molar-refractivity contribution < 1.29 is 24.3 Å². The molecule has 0 aliphatic heterocycles. The van der Waals surface area contributed by atoms with Gasteiger partial charge in [0.15, 0.2) is 0 Å². The average Bonchev–Trinajstić information content (AvgIpc) is 3.12. The molecule has 1 heterocycles. The fraction of sp³-hybridized carbons (Fsp3) is 0.400. The van der Waals surface area contributed by atoms with Gasteiger partial charge in [-0.05, 0) is 17.5 Å². The number of aliphatic carboxylic acids is 1. The molecule has 2 rings (SSSR count). The van der Waals surface area contributed by atoms with Crippen molar-refractivity contribution in [2.45, 2.75) is 32.4 Å². The summed E-state index contributed by atoms with van der Waals surface area (Å²) >= 11 is 0. The van der Waals surface area contributed by atoms with E-state index in [1.807, 2.05) is 24.3 Å². The van der Waals surface area contributed by atoms with Crippen LogP contribution in [0, 0.1) is 5.92 Å². The Kier molecular flexibility index (Phi) is 7.93. The van der Waals surface area contributed by atoms with Crippen molar-refractivity contribution in [2.75, 3.05) is 13.1 Å². The number of fused-ring (bicyclic) bond motifs is 1. The van der Waals surface area contributed by atoms with E-state index in [0.717, 1.165) is 16.5 Å². The summed E-state index contributed by atoms with van der Waals surface area (Å²) in [6.45, 7) is 2.80. The maximum Gasteiger partial charge on any atom is 0.326 e. The van der Waals surface area contributed by atoms with Gasteiger partial charge in [0, 0.05) is 23.5 Å². The van der Waals surface area contributed by atoms with Crippen LogP contribution in [0.5, 0.6) is 0 Å². The van der Waals surface area contributed by atoms with Crippen molar-refractivity contribution in [1.29, 1.82) is 0 Å². The number of carboxylic acids is 1. The van der Waals surface area contributed by atoms with Gasteiger partial charge >= 0.3 is 5.97 Å². The molecule has 0 bridgehead atoms. The van der Waals surface area contributed by atoms with Gasteiger partial charge in [-0.15, -0.1) is 0 Å². The Morgan fingerprint density at radius 1 is 1.10 bits per heavy atom. The van der Waals surface area contributed by atoms with Crippen LogP contribution in [0.25, 0.3) is 10.9 Å². The van der Waals surface area contributed by atoms with Gasteiger partial charge < -0.3 is 31.8 Å². The maximum absolute atomic E-state index is 12.3. The van der Waals surface area contributed by atoms with Gasteiger partial charge in [0.25, 0.3) is 0 Å². The molecular weight excluding hydrogens is 390 g/mol. The molecule has 162 valence electrons. The highest BCUT2D eigenvalue weighted by molar-refractivity contribution is 5.92. The van der Waals surface area contributed by atoms with Crippen LogP contribution in [0.4, 0.5) is 0 Å². The van der Waals surface area contributed by atoms with Crippen LogP contribution < -0.4 is 21.7 Å². The molecule has 0 spiro atoms. The number of hydrogen-bond donors (Lipinski definition) is 6. The first-order valence-electron chi connectivity index (χ1n) is 9.57. The number of benzene rings is 1. The summed E-state index contributed by atoms with van der Waals surface area (Å²) in [7, 11) is 0. The molecule has 3 amide bonds. The Hall–Kier alpha value is -3.40. The Balaban J connectivity index is 1.96. The normalized spacial score (nSPS) is 12.9. The summed E-state index contributed by atoms with van der Waals surface area (Å²) in [5.74, 6) is -3.10. The first-order chi connectivity index (χ1) is 14.2. The second kappa shape index (κ2) is 10.4. The second-order valence-corrected chi connectivity index (χ2v) is 7.23. The second-order valence-electron chi connectivity index (χ2n) is 7.23. The molecule has 0 saturated carbocycles. The number of rotatable bonds is 10. The minimum Gasteiger partial charge on any atom is -0.480 e. The van der Waals surface area contributed by atoms with Crippen molar-refractivity contribution in [1.82, 2.24) is 20.9 Å². The van der Waals surface area contributed by atoms with Gasteiger partial charge in [-0.1, -0.05) is 32.0 Å². The van der Waals surface area contributed by atoms with Crippen LogP contribution in [0.15, 0.2) is 30.5 Å². The van der Waals surface area contributed by atoms with Crippen LogP contribution in [0.2, 0.25) is 0 Å². The Bertz CT molecular complexity index is 923. The number of nitrogens with one attached hydrogen (secondary N) is 4. The zero-order chi connectivity index (χ0) is 22.3. The van der Waals surface area contributed by atoms with E-state index in [-0.39, 0.29) is 18.9 Å². The van der Waals surface area contributed by atoms with Gasteiger partial charge in [-0.3, -0.25) is 14.4 Å². The van der Waals surface area contributed by atoms with Crippen LogP contribution in [0.1, 0.15) is 19.4 Å². The standard InChI is InChI=1S/C20H27N5O5/c1-11(2)18(25-16(26)8-21)19(28)23-10-17(27)24-15(20(29)30)7-12-9-22-14-6-4-3-5-13(12)14/h3-6,9,11,15,18,22H,7-8,10,21H2,1-2H3,(H,23,28)(H,24,27)(H,25,26)(H,29,30). The number of amides is 3. The fourth-order valence-corrected chi connectivity index (χ4v) is 3.01. The van der Waals surface area contributed by atoms with Gasteiger partial charge in [0.1, 0.15) is 12.1 Å². The summed E-state index contributed by atoms with van der Waals surface area (Å²) in [4.78, 5) is 50.7. The summed E-state index contributed by atoms with van der Waals surface area (Å²) in [6, 6.07) is 5.43. The molecular formula is C20H27N5O5. The van der Waals surface area contributed by atoms with E-state index in [1.165, 1.54) is 0 Å². The zero-order valence-electron chi connectivity index (χ0n) is 16.9. The van der Waals surface area contributed by atoms with Gasteiger partial charge in [0.2, 0.25) is 17.7 Å². The number of carbonyl (C=O) groups is 4. The smallest absolute Gasteiger partial charge is 0.326 e. The lowest BCUT2D eigenvalue weighted by Gasteiger charge is -2.21. The first-order valence-corrected chi connectivity index (χ1v) is 9.57. The fourth-order valence-electron chi connectivity index (χ4n) is 3.01. The highest BCUT2D eigenvalue weighted by atomic mass is 16.4. The molecule has 2 unspecified atom stereocenters. The van der Waals surface area contributed by atoms with E-state index >= 15 is 0 Å². The highest BCUT2D eigenvalue weighted by Crippen LogP contribution is 2.19. The summed E-state index contributed by atoms with van der Waals surface area (Å²) in [6.07, 6.45) is 1.79. The zero-order valence-corrected chi connectivity index (χ0v) is 16.9. The number of nitrogens with two attached hydrogens (primary N) is 1. The van der Waals surface area contributed by atoms with Crippen molar-refractivity contribution in [3.05, 3.63) is 36.0 Å². The third kappa shape index (κ3) is 6.05. The number of aromatic nitrogens is 1. The van der Waals surface area contributed by atoms with Crippen LogP contribution in [-0.4, -0.2) is 59.0 Å². The van der Waals surface area contributed by atoms with E-state index in [1.54, 1.807) is 20.0 Å². The average molecular weight is 417 g/mol. The molecule has 0 radical (unpaired) electrons. The topological polar surface area (TPSA) is 166 Å². The first kappa shape index (κ1) is 22.9. The van der Waals surface area contributed by atoms with E-state index in [2.05, 4.69) is 20.9 Å². The van der Waals surface area contributed by atoms with Crippen molar-refractivity contribution in [3.63, 3.8) is 0 Å². The predicted molar refractivity (Wildman–Crippen MR) is 110 cm³/mol. The van der Waals surface area contributed by atoms with Crippen LogP contribution >= 0.6 is 0 Å². The van der Waals surface area contributed by atoms with Gasteiger partial charge in [-0.2, -0.15) is 0 Å². The molecule has 30 heavy (non-hydrogen) atoms.